The molecule has 1 aliphatic carbocycles. The molecular formula is C36H38N3O2P. The zero-order chi connectivity index (χ0) is 28.5. The number of aromatic nitrogens is 1. The van der Waals surface area contributed by atoms with Crippen molar-refractivity contribution in [1.29, 1.82) is 0 Å². The number of anilines is 1. The molecule has 2 heterocycles. The molecule has 2 unspecified atom stereocenters. The molecule has 0 spiro atoms. The van der Waals surface area contributed by atoms with Crippen LogP contribution in [-0.4, -0.2) is 27.9 Å². The fourth-order valence-corrected chi connectivity index (χ4v) is 9.41. The predicted molar refractivity (Wildman–Crippen MR) is 176 cm³/mol. The van der Waals surface area contributed by atoms with E-state index in [0.29, 0.717) is 18.0 Å². The molecule has 5 nitrogen and oxygen atoms in total. The Bertz CT molecular complexity index is 1780. The van der Waals surface area contributed by atoms with E-state index >= 15 is 0 Å². The molecule has 6 heteroatoms. The Morgan fingerprint density at radius 3 is 2.24 bits per heavy atom. The third kappa shape index (κ3) is 5.09. The Morgan fingerprint density at radius 1 is 0.786 bits per heavy atom. The predicted octanol–water partition coefficient (Wildman–Crippen LogP) is 6.63. The van der Waals surface area contributed by atoms with E-state index in [9.17, 15) is 9.90 Å². The third-order valence-electron chi connectivity index (χ3n) is 9.14. The minimum atomic E-state index is -0.377. The zero-order valence-electron chi connectivity index (χ0n) is 24.0. The lowest BCUT2D eigenvalue weighted by atomic mass is 9.91. The minimum absolute atomic E-state index is 0.0783. The van der Waals surface area contributed by atoms with Crippen molar-refractivity contribution in [3.8, 4) is 5.88 Å². The first-order chi connectivity index (χ1) is 20.7. The molecule has 4 aromatic carbocycles. The van der Waals surface area contributed by atoms with Crippen LogP contribution in [0.1, 0.15) is 51.4 Å². The van der Waals surface area contributed by atoms with Gasteiger partial charge >= 0.3 is 0 Å². The lowest BCUT2D eigenvalue weighted by Gasteiger charge is -2.29. The lowest BCUT2D eigenvalue weighted by Crippen LogP contribution is -2.35. The van der Waals surface area contributed by atoms with Crippen LogP contribution < -0.4 is 26.8 Å². The molecule has 1 saturated carbocycles. The highest BCUT2D eigenvalue weighted by atomic mass is 31.1. The highest BCUT2D eigenvalue weighted by molar-refractivity contribution is 7.73. The van der Waals surface area contributed by atoms with Gasteiger partial charge in [0.25, 0.3) is 5.56 Å². The zero-order valence-corrected chi connectivity index (χ0v) is 24.9. The first-order valence-corrected chi connectivity index (χ1v) is 17.0. The first-order valence-electron chi connectivity index (χ1n) is 15.5. The molecule has 7 rings (SSSR count). The molecule has 5 aromatic rings. The highest BCUT2D eigenvalue weighted by Crippen LogP contribution is 2.37. The lowest BCUT2D eigenvalue weighted by molar-refractivity contribution is 0.402. The summed E-state index contributed by atoms with van der Waals surface area (Å²) in [6, 6.07) is 30.3. The molecular weight excluding hydrogens is 537 g/mol. The normalized spacial score (nSPS) is 18.0. The van der Waals surface area contributed by atoms with Crippen molar-refractivity contribution < 1.29 is 5.11 Å². The van der Waals surface area contributed by atoms with E-state index in [2.05, 4.69) is 66.0 Å². The van der Waals surface area contributed by atoms with Crippen LogP contribution in [0, 0.1) is 0 Å². The minimum Gasteiger partial charge on any atom is -0.494 e. The van der Waals surface area contributed by atoms with Crippen LogP contribution >= 0.6 is 7.92 Å². The number of benzene rings is 4. The van der Waals surface area contributed by atoms with E-state index < -0.39 is 0 Å². The standard InChI is InChI=1S/C36H38N3O2P/c40-35-27-19-21-31-34-32(38-30-18-10-9-17-29(30)37-31)22-20-28(33(27)34)36(41)39(35)23-11-1-2-12-24-42(25-13-5-3-6-14-25)26-15-7-4-8-16-26/h3-8,13-16,19-22,29-30,37,41H,1-2,9-12,17-18,23-24H2. The van der Waals surface area contributed by atoms with Gasteiger partial charge in [-0.25, -0.2) is 0 Å². The van der Waals surface area contributed by atoms with Gasteiger partial charge in [-0.1, -0.05) is 86.3 Å². The van der Waals surface area contributed by atoms with Gasteiger partial charge in [-0.05, 0) is 74.6 Å². The average Bonchev–Trinajstić information content (AvgIpc) is 3.20. The van der Waals surface area contributed by atoms with Gasteiger partial charge in [-0.15, -0.1) is 0 Å². The highest BCUT2D eigenvalue weighted by Gasteiger charge is 2.28. The average molecular weight is 576 g/mol. The molecule has 1 aliphatic heterocycles. The summed E-state index contributed by atoms with van der Waals surface area (Å²) < 4.78 is 1.58. The summed E-state index contributed by atoms with van der Waals surface area (Å²) in [6.07, 6.45) is 9.92. The molecule has 0 radical (unpaired) electrons. The van der Waals surface area contributed by atoms with Gasteiger partial charge in [0.1, 0.15) is 0 Å². The molecule has 2 aliphatic rings. The van der Waals surface area contributed by atoms with Crippen LogP contribution in [0.4, 0.5) is 5.69 Å². The van der Waals surface area contributed by atoms with Crippen molar-refractivity contribution >= 4 is 45.8 Å². The molecule has 0 bridgehead atoms. The molecule has 214 valence electrons. The van der Waals surface area contributed by atoms with Gasteiger partial charge in [0, 0.05) is 39.8 Å². The van der Waals surface area contributed by atoms with E-state index in [1.54, 1.807) is 4.57 Å². The maximum Gasteiger partial charge on any atom is 0.261 e. The number of hydrogen-bond acceptors (Lipinski definition) is 4. The number of fused-ring (bicyclic) bond motifs is 1. The molecule has 0 saturated heterocycles. The van der Waals surface area contributed by atoms with E-state index in [4.69, 9.17) is 4.99 Å². The number of pyridine rings is 1. The third-order valence-corrected chi connectivity index (χ3v) is 11.7. The molecule has 2 N–H and O–H groups in total. The Labute approximate surface area is 248 Å². The number of unbranched alkanes of at least 4 members (excludes halogenated alkanes) is 3. The van der Waals surface area contributed by atoms with Crippen molar-refractivity contribution in [2.45, 2.75) is 70.0 Å². The summed E-state index contributed by atoms with van der Waals surface area (Å²) in [5, 5.41) is 22.1. The quantitative estimate of drug-likeness (QED) is 0.153. The molecule has 1 aromatic heterocycles. The second-order valence-corrected chi connectivity index (χ2v) is 14.1. The topological polar surface area (TPSA) is 66.6 Å². The summed E-state index contributed by atoms with van der Waals surface area (Å²) in [5.74, 6) is 0.0783. The largest absolute Gasteiger partial charge is 0.494 e. The van der Waals surface area contributed by atoms with Crippen LogP contribution in [0.15, 0.2) is 94.7 Å². The monoisotopic (exact) mass is 575 g/mol. The van der Waals surface area contributed by atoms with E-state index in [0.717, 1.165) is 71.9 Å². The maximum atomic E-state index is 13.7. The first kappa shape index (κ1) is 27.2. The van der Waals surface area contributed by atoms with Gasteiger partial charge in [-0.3, -0.25) is 14.4 Å². The van der Waals surface area contributed by atoms with Crippen molar-refractivity contribution in [3.05, 3.63) is 101 Å². The Hall–Kier alpha value is -3.69. The van der Waals surface area contributed by atoms with Crippen LogP contribution in [0.5, 0.6) is 5.88 Å². The summed E-state index contributed by atoms with van der Waals surface area (Å²) in [5.41, 5.74) is 0.922. The van der Waals surface area contributed by atoms with Gasteiger partial charge in [-0.2, -0.15) is 0 Å². The van der Waals surface area contributed by atoms with Crippen LogP contribution in [0.25, 0.3) is 21.5 Å². The SMILES string of the molecule is O=c1c2ccc3c4c(ccc(c(O)n1CCCCCCP(c1ccccc1)c1ccccc1)c24)=NC1CCCCC1N3. The van der Waals surface area contributed by atoms with Crippen molar-refractivity contribution in [1.82, 2.24) is 4.57 Å². The molecule has 42 heavy (non-hydrogen) atoms. The Kier molecular flexibility index (Phi) is 7.69. The Morgan fingerprint density at radius 2 is 1.48 bits per heavy atom. The molecule has 1 fully saturated rings. The summed E-state index contributed by atoms with van der Waals surface area (Å²) in [4.78, 5) is 18.8. The second-order valence-electron chi connectivity index (χ2n) is 11.8. The van der Waals surface area contributed by atoms with Crippen LogP contribution in [-0.2, 0) is 6.54 Å². The number of aromatic hydroxyl groups is 1. The summed E-state index contributed by atoms with van der Waals surface area (Å²) >= 11 is 0. The number of nitrogens with zero attached hydrogens (tertiary/aromatic N) is 2. The number of hydrogen-bond donors (Lipinski definition) is 2. The Balaban J connectivity index is 1.07. The smallest absolute Gasteiger partial charge is 0.261 e. The van der Waals surface area contributed by atoms with Crippen LogP contribution in [0.2, 0.25) is 0 Å². The van der Waals surface area contributed by atoms with Gasteiger partial charge in [0.15, 0.2) is 0 Å². The molecule has 0 amide bonds. The van der Waals surface area contributed by atoms with Crippen LogP contribution in [0.3, 0.4) is 0 Å². The maximum absolute atomic E-state index is 13.7. The van der Waals surface area contributed by atoms with Gasteiger partial charge in [0.05, 0.1) is 11.4 Å². The summed E-state index contributed by atoms with van der Waals surface area (Å²) in [6.45, 7) is 0.522. The van der Waals surface area contributed by atoms with Crippen molar-refractivity contribution in [2.24, 2.45) is 4.99 Å². The van der Waals surface area contributed by atoms with Gasteiger partial charge < -0.3 is 10.4 Å². The van der Waals surface area contributed by atoms with Crippen molar-refractivity contribution in [3.63, 3.8) is 0 Å². The van der Waals surface area contributed by atoms with E-state index in [-0.39, 0.29) is 25.4 Å². The van der Waals surface area contributed by atoms with E-state index in [1.807, 2.05) is 24.3 Å². The number of nitrogens with one attached hydrogen (secondary N) is 1. The number of rotatable bonds is 9. The van der Waals surface area contributed by atoms with E-state index in [1.165, 1.54) is 23.5 Å². The molecule has 2 atom stereocenters. The second kappa shape index (κ2) is 11.9. The van der Waals surface area contributed by atoms with Crippen molar-refractivity contribution in [2.75, 3.05) is 11.5 Å². The summed E-state index contributed by atoms with van der Waals surface area (Å²) in [7, 11) is -0.377. The fraction of sp³-hybridized carbons (Fsp3) is 0.333. The van der Waals surface area contributed by atoms with Gasteiger partial charge in [0.2, 0.25) is 5.88 Å². The fourth-order valence-electron chi connectivity index (χ4n) is 6.99.